The van der Waals surface area contributed by atoms with Crippen LogP contribution in [0.3, 0.4) is 0 Å². The predicted octanol–water partition coefficient (Wildman–Crippen LogP) is 2.44. The summed E-state index contributed by atoms with van der Waals surface area (Å²) < 4.78 is 5.22. The topological polar surface area (TPSA) is 67.3 Å². The number of aromatic nitrogens is 2. The van der Waals surface area contributed by atoms with Crippen LogP contribution in [-0.4, -0.2) is 47.2 Å². The van der Waals surface area contributed by atoms with Gasteiger partial charge in [-0.05, 0) is 49.6 Å². The number of carbonyl (C=O) groups is 1. The molecule has 1 amide bonds. The minimum Gasteiger partial charge on any atom is -0.497 e. The molecular formula is C19H24N4O2. The van der Waals surface area contributed by atoms with Crippen LogP contribution in [0.25, 0.3) is 0 Å². The number of methoxy groups -OCH3 is 1. The highest BCUT2D eigenvalue weighted by Crippen LogP contribution is 2.18. The van der Waals surface area contributed by atoms with Crippen molar-refractivity contribution in [3.05, 3.63) is 47.7 Å². The van der Waals surface area contributed by atoms with Gasteiger partial charge in [-0.2, -0.15) is 5.10 Å². The molecule has 2 heterocycles. The molecule has 25 heavy (non-hydrogen) atoms. The van der Waals surface area contributed by atoms with Crippen LogP contribution in [0.2, 0.25) is 0 Å². The van der Waals surface area contributed by atoms with E-state index >= 15 is 0 Å². The maximum absolute atomic E-state index is 12.5. The van der Waals surface area contributed by atoms with Gasteiger partial charge >= 0.3 is 0 Å². The van der Waals surface area contributed by atoms with Gasteiger partial charge in [0.1, 0.15) is 11.6 Å². The first kappa shape index (κ1) is 17.2. The van der Waals surface area contributed by atoms with Gasteiger partial charge in [-0.15, -0.1) is 5.10 Å². The van der Waals surface area contributed by atoms with Gasteiger partial charge in [0.2, 0.25) is 5.91 Å². The highest BCUT2D eigenvalue weighted by molar-refractivity contribution is 5.79. The highest BCUT2D eigenvalue weighted by Gasteiger charge is 2.23. The maximum Gasteiger partial charge on any atom is 0.226 e. The van der Waals surface area contributed by atoms with E-state index in [0.29, 0.717) is 12.5 Å². The number of nitrogens with zero attached hydrogens (tertiary/aromatic N) is 3. The van der Waals surface area contributed by atoms with E-state index in [-0.39, 0.29) is 5.91 Å². The molecule has 1 fully saturated rings. The molecule has 1 aromatic carbocycles. The van der Waals surface area contributed by atoms with Gasteiger partial charge in [0, 0.05) is 19.1 Å². The number of benzene rings is 1. The zero-order valence-corrected chi connectivity index (χ0v) is 14.7. The molecule has 0 aliphatic carbocycles. The molecule has 1 aliphatic rings. The first-order valence-electron chi connectivity index (χ1n) is 8.61. The number of nitrogens with one attached hydrogen (secondary N) is 1. The van der Waals surface area contributed by atoms with Crippen LogP contribution in [0.15, 0.2) is 36.4 Å². The van der Waals surface area contributed by atoms with Gasteiger partial charge in [0.25, 0.3) is 0 Å². The van der Waals surface area contributed by atoms with E-state index in [1.165, 1.54) is 0 Å². The summed E-state index contributed by atoms with van der Waals surface area (Å²) in [5.41, 5.74) is 1.89. The Labute approximate surface area is 148 Å². The lowest BCUT2D eigenvalue weighted by atomic mass is 10.0. The molecular weight excluding hydrogens is 316 g/mol. The third-order valence-electron chi connectivity index (χ3n) is 4.49. The predicted molar refractivity (Wildman–Crippen MR) is 96.7 cm³/mol. The Kier molecular flexibility index (Phi) is 5.48. The first-order chi connectivity index (χ1) is 12.1. The van der Waals surface area contributed by atoms with Gasteiger partial charge in [-0.3, -0.25) is 4.79 Å². The van der Waals surface area contributed by atoms with Gasteiger partial charge in [-0.1, -0.05) is 12.1 Å². The van der Waals surface area contributed by atoms with Crippen LogP contribution < -0.4 is 10.1 Å². The Balaban J connectivity index is 1.49. The Morgan fingerprint density at radius 2 is 2.04 bits per heavy atom. The number of rotatable bonds is 5. The van der Waals surface area contributed by atoms with Crippen LogP contribution in [0.5, 0.6) is 5.75 Å². The molecule has 3 rings (SSSR count). The van der Waals surface area contributed by atoms with E-state index in [4.69, 9.17) is 4.74 Å². The fraction of sp³-hybridized carbons (Fsp3) is 0.421. The monoisotopic (exact) mass is 340 g/mol. The fourth-order valence-electron chi connectivity index (χ4n) is 3.03. The molecule has 0 bridgehead atoms. The Hall–Kier alpha value is -2.63. The summed E-state index contributed by atoms with van der Waals surface area (Å²) in [6.45, 7) is 3.45. The zero-order valence-electron chi connectivity index (χ0n) is 14.7. The van der Waals surface area contributed by atoms with E-state index in [2.05, 4.69) is 15.5 Å². The van der Waals surface area contributed by atoms with Gasteiger partial charge in [0.15, 0.2) is 0 Å². The molecule has 1 aromatic heterocycles. The SMILES string of the molecule is COc1cccc(CC(=O)N2CCC(Nc3ccc(C)nn3)CC2)c1. The third kappa shape index (κ3) is 4.68. The summed E-state index contributed by atoms with van der Waals surface area (Å²) in [5, 5.41) is 11.6. The number of piperidine rings is 1. The number of ether oxygens (including phenoxy) is 1. The summed E-state index contributed by atoms with van der Waals surface area (Å²) in [6, 6.07) is 11.9. The Morgan fingerprint density at radius 3 is 2.72 bits per heavy atom. The second kappa shape index (κ2) is 7.96. The van der Waals surface area contributed by atoms with Gasteiger partial charge in [0.05, 0.1) is 19.2 Å². The average molecular weight is 340 g/mol. The van der Waals surface area contributed by atoms with E-state index in [0.717, 1.165) is 48.8 Å². The van der Waals surface area contributed by atoms with Crippen LogP contribution in [0, 0.1) is 6.92 Å². The largest absolute Gasteiger partial charge is 0.497 e. The summed E-state index contributed by atoms with van der Waals surface area (Å²) in [4.78, 5) is 14.5. The number of hydrogen-bond donors (Lipinski definition) is 1. The lowest BCUT2D eigenvalue weighted by molar-refractivity contribution is -0.131. The van der Waals surface area contributed by atoms with Crippen molar-refractivity contribution in [3.8, 4) is 5.75 Å². The number of likely N-dealkylation sites (tertiary alicyclic amines) is 1. The highest BCUT2D eigenvalue weighted by atomic mass is 16.5. The molecule has 0 spiro atoms. The fourth-order valence-corrected chi connectivity index (χ4v) is 3.03. The summed E-state index contributed by atoms with van der Waals surface area (Å²) in [5.74, 6) is 1.75. The Morgan fingerprint density at radius 1 is 1.24 bits per heavy atom. The summed E-state index contributed by atoms with van der Waals surface area (Å²) >= 11 is 0. The van der Waals surface area contributed by atoms with E-state index in [9.17, 15) is 4.79 Å². The smallest absolute Gasteiger partial charge is 0.226 e. The molecule has 0 atom stereocenters. The van der Waals surface area contributed by atoms with Crippen molar-refractivity contribution in [2.45, 2.75) is 32.2 Å². The molecule has 6 heteroatoms. The molecule has 6 nitrogen and oxygen atoms in total. The molecule has 1 aliphatic heterocycles. The average Bonchev–Trinajstić information content (AvgIpc) is 2.64. The normalized spacial score (nSPS) is 15.0. The van der Waals surface area contributed by atoms with Crippen molar-refractivity contribution in [1.29, 1.82) is 0 Å². The van der Waals surface area contributed by atoms with E-state index < -0.39 is 0 Å². The first-order valence-corrected chi connectivity index (χ1v) is 8.61. The Bertz CT molecular complexity index is 710. The lowest BCUT2D eigenvalue weighted by Gasteiger charge is -2.32. The second-order valence-corrected chi connectivity index (χ2v) is 6.39. The van der Waals surface area contributed by atoms with Crippen LogP contribution in [0.4, 0.5) is 5.82 Å². The number of carbonyl (C=O) groups excluding carboxylic acids is 1. The van der Waals surface area contributed by atoms with Crippen molar-refractivity contribution in [3.63, 3.8) is 0 Å². The minimum absolute atomic E-state index is 0.168. The van der Waals surface area contributed by atoms with E-state index in [1.807, 2.05) is 48.2 Å². The molecule has 1 N–H and O–H groups in total. The van der Waals surface area contributed by atoms with Crippen LogP contribution in [-0.2, 0) is 11.2 Å². The molecule has 1 saturated heterocycles. The number of aryl methyl sites for hydroxylation is 1. The van der Waals surface area contributed by atoms with Gasteiger partial charge < -0.3 is 15.0 Å². The standard InChI is InChI=1S/C19H24N4O2/c1-14-6-7-18(22-21-14)20-16-8-10-23(11-9-16)19(24)13-15-4-3-5-17(12-15)25-2/h3-7,12,16H,8-11,13H2,1-2H3,(H,20,22). The van der Waals surface area contributed by atoms with Crippen molar-refractivity contribution >= 4 is 11.7 Å². The van der Waals surface area contributed by atoms with Crippen LogP contribution in [0.1, 0.15) is 24.1 Å². The summed E-state index contributed by atoms with van der Waals surface area (Å²) in [7, 11) is 1.64. The number of amides is 1. The van der Waals surface area contributed by atoms with Gasteiger partial charge in [-0.25, -0.2) is 0 Å². The van der Waals surface area contributed by atoms with Crippen molar-refractivity contribution in [2.75, 3.05) is 25.5 Å². The molecule has 2 aromatic rings. The van der Waals surface area contributed by atoms with Crippen LogP contribution >= 0.6 is 0 Å². The third-order valence-corrected chi connectivity index (χ3v) is 4.49. The second-order valence-electron chi connectivity index (χ2n) is 6.39. The minimum atomic E-state index is 0.168. The lowest BCUT2D eigenvalue weighted by Crippen LogP contribution is -2.43. The number of hydrogen-bond acceptors (Lipinski definition) is 5. The van der Waals surface area contributed by atoms with Crippen molar-refractivity contribution in [1.82, 2.24) is 15.1 Å². The maximum atomic E-state index is 12.5. The zero-order chi connectivity index (χ0) is 17.6. The molecule has 132 valence electrons. The van der Waals surface area contributed by atoms with Crippen molar-refractivity contribution < 1.29 is 9.53 Å². The van der Waals surface area contributed by atoms with E-state index in [1.54, 1.807) is 7.11 Å². The molecule has 0 saturated carbocycles. The summed E-state index contributed by atoms with van der Waals surface area (Å²) in [6.07, 6.45) is 2.25. The quantitative estimate of drug-likeness (QED) is 0.905. The number of anilines is 1. The molecule has 0 unspecified atom stereocenters. The molecule has 0 radical (unpaired) electrons. The van der Waals surface area contributed by atoms with Crippen molar-refractivity contribution in [2.24, 2.45) is 0 Å².